The third kappa shape index (κ3) is 3.24. The van der Waals surface area contributed by atoms with E-state index in [2.05, 4.69) is 27.7 Å². The molecule has 0 aromatic heterocycles. The van der Waals surface area contributed by atoms with Gasteiger partial charge < -0.3 is 5.73 Å². The molecular formula is C10H23N. The maximum absolute atomic E-state index is 5.94. The maximum atomic E-state index is 5.94. The number of hydrogen-bond donors (Lipinski definition) is 1. The Labute approximate surface area is 71.4 Å². The first-order chi connectivity index (χ1) is 5.06. The van der Waals surface area contributed by atoms with Crippen molar-refractivity contribution in [1.82, 2.24) is 0 Å². The molecule has 68 valence electrons. The monoisotopic (exact) mass is 157 g/mol. The van der Waals surface area contributed by atoms with Gasteiger partial charge in [0.25, 0.3) is 0 Å². The van der Waals surface area contributed by atoms with Gasteiger partial charge in [-0.15, -0.1) is 0 Å². The van der Waals surface area contributed by atoms with E-state index in [0.717, 1.165) is 0 Å². The molecule has 0 bridgehead atoms. The van der Waals surface area contributed by atoms with Crippen molar-refractivity contribution in [2.24, 2.45) is 11.1 Å². The molecule has 0 aliphatic rings. The fourth-order valence-corrected chi connectivity index (χ4v) is 1.72. The lowest BCUT2D eigenvalue weighted by Crippen LogP contribution is -2.36. The van der Waals surface area contributed by atoms with Crippen molar-refractivity contribution in [1.29, 1.82) is 0 Å². The van der Waals surface area contributed by atoms with Crippen molar-refractivity contribution in [2.45, 2.75) is 59.4 Å². The Kier molecular flexibility index (Phi) is 4.74. The Morgan fingerprint density at radius 3 is 1.73 bits per heavy atom. The van der Waals surface area contributed by atoms with Crippen molar-refractivity contribution in [3.05, 3.63) is 0 Å². The lowest BCUT2D eigenvalue weighted by molar-refractivity contribution is 0.219. The summed E-state index contributed by atoms with van der Waals surface area (Å²) in [7, 11) is 0. The van der Waals surface area contributed by atoms with E-state index < -0.39 is 0 Å². The van der Waals surface area contributed by atoms with Crippen molar-refractivity contribution in [3.63, 3.8) is 0 Å². The molecule has 1 atom stereocenters. The van der Waals surface area contributed by atoms with E-state index in [9.17, 15) is 0 Å². The van der Waals surface area contributed by atoms with Gasteiger partial charge in [0.2, 0.25) is 0 Å². The summed E-state index contributed by atoms with van der Waals surface area (Å²) >= 11 is 0. The fourth-order valence-electron chi connectivity index (χ4n) is 1.72. The first kappa shape index (κ1) is 11.0. The standard InChI is InChI=1S/C10H23N/c1-5-7-10(4,8-6-2)9(3)11/h9H,5-8,11H2,1-4H3. The van der Waals surface area contributed by atoms with E-state index in [1.165, 1.54) is 25.7 Å². The summed E-state index contributed by atoms with van der Waals surface area (Å²) in [5, 5.41) is 0. The average molecular weight is 157 g/mol. The van der Waals surface area contributed by atoms with Gasteiger partial charge in [0.1, 0.15) is 0 Å². The van der Waals surface area contributed by atoms with Crippen molar-refractivity contribution < 1.29 is 0 Å². The van der Waals surface area contributed by atoms with Crippen LogP contribution in [0.15, 0.2) is 0 Å². The van der Waals surface area contributed by atoms with Gasteiger partial charge in [0.15, 0.2) is 0 Å². The van der Waals surface area contributed by atoms with Gasteiger partial charge in [-0.2, -0.15) is 0 Å². The van der Waals surface area contributed by atoms with E-state index in [0.29, 0.717) is 11.5 Å². The molecule has 1 nitrogen and oxygen atoms in total. The first-order valence-corrected chi connectivity index (χ1v) is 4.82. The van der Waals surface area contributed by atoms with E-state index in [-0.39, 0.29) is 0 Å². The molecule has 0 rings (SSSR count). The molecule has 0 saturated carbocycles. The highest BCUT2D eigenvalue weighted by Crippen LogP contribution is 2.31. The average Bonchev–Trinajstić information content (AvgIpc) is 1.88. The normalized spacial score (nSPS) is 15.0. The van der Waals surface area contributed by atoms with E-state index in [1.54, 1.807) is 0 Å². The Hall–Kier alpha value is -0.0400. The zero-order valence-corrected chi connectivity index (χ0v) is 8.48. The summed E-state index contributed by atoms with van der Waals surface area (Å²) in [6, 6.07) is 0.336. The summed E-state index contributed by atoms with van der Waals surface area (Å²) in [6.45, 7) is 8.91. The van der Waals surface area contributed by atoms with Crippen LogP contribution in [0.2, 0.25) is 0 Å². The first-order valence-electron chi connectivity index (χ1n) is 4.82. The second-order valence-corrected chi connectivity index (χ2v) is 3.94. The molecule has 0 fully saturated rings. The van der Waals surface area contributed by atoms with E-state index >= 15 is 0 Å². The van der Waals surface area contributed by atoms with Crippen LogP contribution in [0.25, 0.3) is 0 Å². The van der Waals surface area contributed by atoms with Gasteiger partial charge in [-0.25, -0.2) is 0 Å². The van der Waals surface area contributed by atoms with Gasteiger partial charge in [-0.3, -0.25) is 0 Å². The van der Waals surface area contributed by atoms with Crippen LogP contribution in [0.5, 0.6) is 0 Å². The number of rotatable bonds is 5. The molecule has 0 aliphatic heterocycles. The summed E-state index contributed by atoms with van der Waals surface area (Å²) in [5.74, 6) is 0. The zero-order valence-electron chi connectivity index (χ0n) is 8.48. The zero-order chi connectivity index (χ0) is 8.91. The Morgan fingerprint density at radius 2 is 1.55 bits per heavy atom. The molecule has 0 radical (unpaired) electrons. The predicted octanol–water partition coefficient (Wildman–Crippen LogP) is 2.94. The van der Waals surface area contributed by atoms with Crippen molar-refractivity contribution >= 4 is 0 Å². The molecule has 1 heteroatoms. The molecular weight excluding hydrogens is 134 g/mol. The van der Waals surface area contributed by atoms with E-state index in [4.69, 9.17) is 5.73 Å². The summed E-state index contributed by atoms with van der Waals surface area (Å²) < 4.78 is 0. The van der Waals surface area contributed by atoms with Crippen LogP contribution in [0, 0.1) is 5.41 Å². The van der Waals surface area contributed by atoms with Crippen LogP contribution in [0.3, 0.4) is 0 Å². The Balaban J connectivity index is 4.01. The lowest BCUT2D eigenvalue weighted by atomic mass is 9.76. The lowest BCUT2D eigenvalue weighted by Gasteiger charge is -2.33. The summed E-state index contributed by atoms with van der Waals surface area (Å²) in [6.07, 6.45) is 5.02. The Bertz CT molecular complexity index is 91.0. The smallest absolute Gasteiger partial charge is 0.00643 e. The highest BCUT2D eigenvalue weighted by atomic mass is 14.7. The second kappa shape index (κ2) is 4.76. The van der Waals surface area contributed by atoms with Crippen molar-refractivity contribution in [2.75, 3.05) is 0 Å². The largest absolute Gasteiger partial charge is 0.327 e. The van der Waals surface area contributed by atoms with Gasteiger partial charge in [0, 0.05) is 6.04 Å². The van der Waals surface area contributed by atoms with Crippen LogP contribution < -0.4 is 5.73 Å². The minimum absolute atomic E-state index is 0.336. The highest BCUT2D eigenvalue weighted by Gasteiger charge is 2.26. The number of hydrogen-bond acceptors (Lipinski definition) is 1. The third-order valence-electron chi connectivity index (χ3n) is 2.74. The second-order valence-electron chi connectivity index (χ2n) is 3.94. The quantitative estimate of drug-likeness (QED) is 0.652. The molecule has 0 aromatic carbocycles. The van der Waals surface area contributed by atoms with Crippen LogP contribution >= 0.6 is 0 Å². The van der Waals surface area contributed by atoms with Gasteiger partial charge in [-0.1, -0.05) is 33.6 Å². The van der Waals surface area contributed by atoms with Crippen molar-refractivity contribution in [3.8, 4) is 0 Å². The molecule has 1 unspecified atom stereocenters. The van der Waals surface area contributed by atoms with E-state index in [1.807, 2.05) is 0 Å². The molecule has 0 spiro atoms. The Morgan fingerprint density at radius 1 is 1.18 bits per heavy atom. The summed E-state index contributed by atoms with van der Waals surface area (Å²) in [5.41, 5.74) is 6.32. The van der Waals surface area contributed by atoms with Gasteiger partial charge in [0.05, 0.1) is 0 Å². The molecule has 2 N–H and O–H groups in total. The van der Waals surface area contributed by atoms with Gasteiger partial charge >= 0.3 is 0 Å². The third-order valence-corrected chi connectivity index (χ3v) is 2.74. The molecule has 0 amide bonds. The fraction of sp³-hybridized carbons (Fsp3) is 1.00. The van der Waals surface area contributed by atoms with Gasteiger partial charge in [-0.05, 0) is 25.2 Å². The van der Waals surface area contributed by atoms with Crippen LogP contribution in [0.1, 0.15) is 53.4 Å². The molecule has 0 aliphatic carbocycles. The van der Waals surface area contributed by atoms with Crippen LogP contribution in [-0.4, -0.2) is 6.04 Å². The predicted molar refractivity (Wildman–Crippen MR) is 51.6 cm³/mol. The maximum Gasteiger partial charge on any atom is 0.00643 e. The topological polar surface area (TPSA) is 26.0 Å². The molecule has 0 heterocycles. The summed E-state index contributed by atoms with van der Waals surface area (Å²) in [4.78, 5) is 0. The highest BCUT2D eigenvalue weighted by molar-refractivity contribution is 4.81. The molecule has 0 aromatic rings. The molecule has 0 saturated heterocycles. The minimum atomic E-state index is 0.336. The van der Waals surface area contributed by atoms with Crippen LogP contribution in [-0.2, 0) is 0 Å². The van der Waals surface area contributed by atoms with Crippen LogP contribution in [0.4, 0.5) is 0 Å². The number of nitrogens with two attached hydrogens (primary N) is 1. The minimum Gasteiger partial charge on any atom is -0.327 e. The SMILES string of the molecule is CCCC(C)(CCC)C(C)N. The molecule has 11 heavy (non-hydrogen) atoms.